The molecular formula is C20H17F3N6OS. The van der Waals surface area contributed by atoms with Crippen LogP contribution in [0.2, 0.25) is 0 Å². The van der Waals surface area contributed by atoms with E-state index < -0.39 is 12.1 Å². The Morgan fingerprint density at radius 1 is 1.23 bits per heavy atom. The van der Waals surface area contributed by atoms with E-state index in [0.717, 1.165) is 15.9 Å². The minimum absolute atomic E-state index is 0.0724. The summed E-state index contributed by atoms with van der Waals surface area (Å²) >= 11 is 1.18. The highest BCUT2D eigenvalue weighted by Crippen LogP contribution is 2.35. The van der Waals surface area contributed by atoms with Gasteiger partial charge in [-0.3, -0.25) is 14.9 Å². The second-order valence-electron chi connectivity index (χ2n) is 7.45. The van der Waals surface area contributed by atoms with Gasteiger partial charge in [-0.2, -0.15) is 22.6 Å². The number of nitrogens with one attached hydrogen (secondary N) is 2. The summed E-state index contributed by atoms with van der Waals surface area (Å²) in [5.41, 5.74) is 2.57. The number of carbonyl (C=O) groups is 1. The lowest BCUT2D eigenvalue weighted by Gasteiger charge is -2.32. The normalized spacial score (nSPS) is 15.6. The van der Waals surface area contributed by atoms with Gasteiger partial charge in [0.2, 0.25) is 0 Å². The van der Waals surface area contributed by atoms with Gasteiger partial charge in [0, 0.05) is 30.4 Å². The first-order chi connectivity index (χ1) is 14.9. The van der Waals surface area contributed by atoms with Crippen molar-refractivity contribution < 1.29 is 18.0 Å². The molecule has 5 rings (SSSR count). The molecule has 1 aliphatic rings. The first kappa shape index (κ1) is 19.7. The molecular weight excluding hydrogens is 429 g/mol. The molecule has 1 aromatic carbocycles. The van der Waals surface area contributed by atoms with Crippen LogP contribution >= 0.6 is 11.5 Å². The summed E-state index contributed by atoms with van der Waals surface area (Å²) in [5, 5.41) is 11.0. The number of hydrogen-bond acceptors (Lipinski definition) is 6. The predicted molar refractivity (Wildman–Crippen MR) is 111 cm³/mol. The zero-order valence-corrected chi connectivity index (χ0v) is 16.9. The Morgan fingerprint density at radius 3 is 2.81 bits per heavy atom. The standard InChI is InChI=1S/C20H17F3N6OS/c21-20(22,23)11-5-8-29(9-6-11)19(30)16-13-4-3-12(10-15(13)31-28-16)25-18-17-14(26-27-18)2-1-7-24-17/h1-4,7,10-11H,5-6,8-9H2,(H2,25,26,27). The third kappa shape index (κ3) is 3.69. The minimum atomic E-state index is -4.21. The fraction of sp³-hybridized carbons (Fsp3) is 0.300. The van der Waals surface area contributed by atoms with Crippen molar-refractivity contribution in [3.8, 4) is 0 Å². The number of piperidine rings is 1. The molecule has 31 heavy (non-hydrogen) atoms. The van der Waals surface area contributed by atoms with Crippen LogP contribution in [0.1, 0.15) is 23.3 Å². The molecule has 2 N–H and O–H groups in total. The number of pyridine rings is 1. The van der Waals surface area contributed by atoms with Gasteiger partial charge in [-0.1, -0.05) is 0 Å². The van der Waals surface area contributed by atoms with Crippen LogP contribution in [0.5, 0.6) is 0 Å². The first-order valence-electron chi connectivity index (χ1n) is 9.72. The lowest BCUT2D eigenvalue weighted by molar-refractivity contribution is -0.183. The van der Waals surface area contributed by atoms with Gasteiger partial charge in [0.15, 0.2) is 5.82 Å². The molecule has 3 aromatic heterocycles. The van der Waals surface area contributed by atoms with Crippen LogP contribution in [0.25, 0.3) is 21.1 Å². The number of hydrogen-bond donors (Lipinski definition) is 2. The summed E-state index contributed by atoms with van der Waals surface area (Å²) in [6, 6.07) is 9.16. The van der Waals surface area contributed by atoms with Crippen LogP contribution < -0.4 is 5.32 Å². The number of fused-ring (bicyclic) bond motifs is 2. The molecule has 0 radical (unpaired) electrons. The Balaban J connectivity index is 1.34. The van der Waals surface area contributed by atoms with Crippen molar-refractivity contribution in [1.82, 2.24) is 24.5 Å². The highest BCUT2D eigenvalue weighted by atomic mass is 32.1. The van der Waals surface area contributed by atoms with Crippen molar-refractivity contribution in [1.29, 1.82) is 0 Å². The molecule has 4 heterocycles. The summed E-state index contributed by atoms with van der Waals surface area (Å²) in [6.07, 6.45) is -2.67. The molecule has 160 valence electrons. The molecule has 1 fully saturated rings. The number of carbonyl (C=O) groups excluding carboxylic acids is 1. The van der Waals surface area contributed by atoms with Crippen LogP contribution in [-0.4, -0.2) is 49.6 Å². The molecule has 0 aliphatic carbocycles. The number of nitrogens with zero attached hydrogens (tertiary/aromatic N) is 4. The first-order valence-corrected chi connectivity index (χ1v) is 10.5. The molecule has 0 spiro atoms. The number of benzene rings is 1. The Bertz CT molecular complexity index is 1260. The van der Waals surface area contributed by atoms with E-state index in [1.807, 2.05) is 24.3 Å². The van der Waals surface area contributed by atoms with Gasteiger partial charge in [0.05, 0.1) is 16.1 Å². The monoisotopic (exact) mass is 446 g/mol. The fourth-order valence-corrected chi connectivity index (χ4v) is 4.62. The summed E-state index contributed by atoms with van der Waals surface area (Å²) in [5.74, 6) is -1.08. The number of aromatic amines is 1. The Labute approximate surface area is 178 Å². The zero-order valence-electron chi connectivity index (χ0n) is 16.1. The number of rotatable bonds is 3. The number of alkyl halides is 3. The highest BCUT2D eigenvalue weighted by Gasteiger charge is 2.42. The fourth-order valence-electron chi connectivity index (χ4n) is 3.81. The molecule has 0 bridgehead atoms. The number of anilines is 2. The maximum Gasteiger partial charge on any atom is 0.391 e. The van der Waals surface area contributed by atoms with E-state index in [4.69, 9.17) is 0 Å². The number of H-pyrrole nitrogens is 1. The highest BCUT2D eigenvalue weighted by molar-refractivity contribution is 7.13. The van der Waals surface area contributed by atoms with E-state index in [1.54, 1.807) is 12.3 Å². The van der Waals surface area contributed by atoms with Gasteiger partial charge in [-0.05, 0) is 54.7 Å². The van der Waals surface area contributed by atoms with E-state index in [-0.39, 0.29) is 37.5 Å². The maximum absolute atomic E-state index is 12.9. The smallest absolute Gasteiger partial charge is 0.337 e. The van der Waals surface area contributed by atoms with E-state index in [2.05, 4.69) is 24.9 Å². The van der Waals surface area contributed by atoms with Gasteiger partial charge in [-0.15, -0.1) is 0 Å². The quantitative estimate of drug-likeness (QED) is 0.475. The van der Waals surface area contributed by atoms with Crippen molar-refractivity contribution in [3.63, 3.8) is 0 Å². The molecule has 0 unspecified atom stereocenters. The SMILES string of the molecule is O=C(c1nsc2cc(Nc3n[nH]c4cccnc34)ccc12)N1CCC(C(F)(F)F)CC1. The van der Waals surface area contributed by atoms with Crippen molar-refractivity contribution >= 4 is 50.1 Å². The zero-order chi connectivity index (χ0) is 21.6. The maximum atomic E-state index is 12.9. The summed E-state index contributed by atoms with van der Waals surface area (Å²) < 4.78 is 43.7. The van der Waals surface area contributed by atoms with Crippen molar-refractivity contribution in [2.75, 3.05) is 18.4 Å². The van der Waals surface area contributed by atoms with Crippen LogP contribution in [-0.2, 0) is 0 Å². The summed E-state index contributed by atoms with van der Waals surface area (Å²) in [6.45, 7) is 0.168. The molecule has 4 aromatic rings. The van der Waals surface area contributed by atoms with Crippen LogP contribution in [0, 0.1) is 5.92 Å². The second-order valence-corrected chi connectivity index (χ2v) is 8.25. The number of halogens is 3. The van der Waals surface area contributed by atoms with Crippen molar-refractivity contribution in [2.24, 2.45) is 5.92 Å². The molecule has 0 saturated carbocycles. The lowest BCUT2D eigenvalue weighted by atomic mass is 9.96. The van der Waals surface area contributed by atoms with Crippen LogP contribution in [0.4, 0.5) is 24.7 Å². The van der Waals surface area contributed by atoms with Gasteiger partial charge in [0.25, 0.3) is 5.91 Å². The van der Waals surface area contributed by atoms with Crippen LogP contribution in [0.3, 0.4) is 0 Å². The van der Waals surface area contributed by atoms with E-state index >= 15 is 0 Å². The molecule has 1 amide bonds. The third-order valence-corrected chi connectivity index (χ3v) is 6.31. The van der Waals surface area contributed by atoms with E-state index in [9.17, 15) is 18.0 Å². The Hall–Kier alpha value is -3.21. The van der Waals surface area contributed by atoms with Gasteiger partial charge >= 0.3 is 6.18 Å². The number of aromatic nitrogens is 4. The predicted octanol–water partition coefficient (Wildman–Crippen LogP) is 4.73. The van der Waals surface area contributed by atoms with Crippen LogP contribution in [0.15, 0.2) is 36.5 Å². The Kier molecular flexibility index (Phi) is 4.77. The number of amides is 1. The molecule has 7 nitrogen and oxygen atoms in total. The van der Waals surface area contributed by atoms with Crippen molar-refractivity contribution in [3.05, 3.63) is 42.2 Å². The molecule has 11 heteroatoms. The molecule has 1 aliphatic heterocycles. The van der Waals surface area contributed by atoms with E-state index in [0.29, 0.717) is 16.7 Å². The minimum Gasteiger partial charge on any atom is -0.337 e. The molecule has 1 saturated heterocycles. The summed E-state index contributed by atoms with van der Waals surface area (Å²) in [7, 11) is 0. The average molecular weight is 446 g/mol. The Morgan fingerprint density at radius 2 is 2.03 bits per heavy atom. The summed E-state index contributed by atoms with van der Waals surface area (Å²) in [4.78, 5) is 18.6. The van der Waals surface area contributed by atoms with E-state index in [1.165, 1.54) is 16.4 Å². The second kappa shape index (κ2) is 7.49. The number of likely N-dealkylation sites (tertiary alicyclic amines) is 1. The van der Waals surface area contributed by atoms with Crippen molar-refractivity contribution in [2.45, 2.75) is 19.0 Å². The molecule has 0 atom stereocenters. The lowest BCUT2D eigenvalue weighted by Crippen LogP contribution is -2.42. The largest absolute Gasteiger partial charge is 0.391 e. The topological polar surface area (TPSA) is 86.8 Å². The average Bonchev–Trinajstić information content (AvgIpc) is 3.37. The van der Waals surface area contributed by atoms with Gasteiger partial charge in [-0.25, -0.2) is 0 Å². The third-order valence-electron chi connectivity index (χ3n) is 5.50. The van der Waals surface area contributed by atoms with Gasteiger partial charge < -0.3 is 10.2 Å². The van der Waals surface area contributed by atoms with Gasteiger partial charge in [0.1, 0.15) is 11.2 Å².